The lowest BCUT2D eigenvalue weighted by atomic mass is 10.1. The van der Waals surface area contributed by atoms with Gasteiger partial charge in [-0.1, -0.05) is 15.9 Å². The highest BCUT2D eigenvalue weighted by Crippen LogP contribution is 2.27. The maximum Gasteiger partial charge on any atom is 0.219 e. The predicted octanol–water partition coefficient (Wildman–Crippen LogP) is 3.80. The standard InChI is InChI=1S/C13H12BrFN2O/c1-8(16)9-4-5-17-13(6-9)18-12-7-10(14)2-3-11(12)15/h2-8H,16H2,1H3/t8-/m0/s1. The Morgan fingerprint density at radius 2 is 2.11 bits per heavy atom. The third kappa shape index (κ3) is 3.05. The molecule has 2 aromatic rings. The third-order valence-corrected chi connectivity index (χ3v) is 2.89. The molecule has 0 saturated carbocycles. The highest BCUT2D eigenvalue weighted by Gasteiger charge is 2.08. The summed E-state index contributed by atoms with van der Waals surface area (Å²) in [6, 6.07) is 7.86. The number of ether oxygens (including phenoxy) is 1. The van der Waals surface area contributed by atoms with Crippen LogP contribution in [0.25, 0.3) is 0 Å². The molecule has 2 rings (SSSR count). The first-order chi connectivity index (χ1) is 8.56. The van der Waals surface area contributed by atoms with Gasteiger partial charge in [-0.05, 0) is 36.8 Å². The summed E-state index contributed by atoms with van der Waals surface area (Å²) < 4.78 is 19.7. The predicted molar refractivity (Wildman–Crippen MR) is 71.0 cm³/mol. The van der Waals surface area contributed by atoms with Crippen LogP contribution in [0.3, 0.4) is 0 Å². The van der Waals surface area contributed by atoms with E-state index in [0.29, 0.717) is 5.88 Å². The molecule has 0 spiro atoms. The van der Waals surface area contributed by atoms with E-state index in [0.717, 1.165) is 10.0 Å². The number of nitrogens with two attached hydrogens (primary N) is 1. The fourth-order valence-corrected chi connectivity index (χ4v) is 1.77. The van der Waals surface area contributed by atoms with Gasteiger partial charge in [-0.2, -0.15) is 0 Å². The number of benzene rings is 1. The first-order valence-corrected chi connectivity index (χ1v) is 6.20. The summed E-state index contributed by atoms with van der Waals surface area (Å²) in [6.45, 7) is 1.86. The molecule has 0 unspecified atom stereocenters. The Labute approximate surface area is 113 Å². The van der Waals surface area contributed by atoms with E-state index >= 15 is 0 Å². The summed E-state index contributed by atoms with van der Waals surface area (Å²) in [5.41, 5.74) is 6.65. The zero-order valence-electron chi connectivity index (χ0n) is 9.73. The maximum atomic E-state index is 13.5. The van der Waals surface area contributed by atoms with E-state index in [9.17, 15) is 4.39 Å². The van der Waals surface area contributed by atoms with Crippen LogP contribution in [-0.4, -0.2) is 4.98 Å². The van der Waals surface area contributed by atoms with E-state index in [2.05, 4.69) is 20.9 Å². The molecule has 0 amide bonds. The van der Waals surface area contributed by atoms with Crippen LogP contribution in [0.15, 0.2) is 41.0 Å². The topological polar surface area (TPSA) is 48.1 Å². The molecule has 94 valence electrons. The van der Waals surface area contributed by atoms with Crippen LogP contribution >= 0.6 is 15.9 Å². The van der Waals surface area contributed by atoms with E-state index in [1.54, 1.807) is 30.5 Å². The molecule has 1 heterocycles. The van der Waals surface area contributed by atoms with Crippen molar-refractivity contribution in [1.82, 2.24) is 4.98 Å². The molecule has 0 aliphatic rings. The van der Waals surface area contributed by atoms with Crippen LogP contribution in [0.2, 0.25) is 0 Å². The van der Waals surface area contributed by atoms with Gasteiger partial charge in [0.05, 0.1) is 0 Å². The second-order valence-corrected chi connectivity index (χ2v) is 4.81. The molecule has 1 aromatic heterocycles. The van der Waals surface area contributed by atoms with Crippen molar-refractivity contribution in [1.29, 1.82) is 0 Å². The monoisotopic (exact) mass is 310 g/mol. The Bertz CT molecular complexity index is 560. The van der Waals surface area contributed by atoms with Crippen molar-refractivity contribution in [3.05, 3.63) is 52.4 Å². The fourth-order valence-electron chi connectivity index (χ4n) is 1.43. The SMILES string of the molecule is C[C@H](N)c1ccnc(Oc2cc(Br)ccc2F)c1. The first-order valence-electron chi connectivity index (χ1n) is 5.40. The third-order valence-electron chi connectivity index (χ3n) is 2.39. The van der Waals surface area contributed by atoms with Gasteiger partial charge in [-0.15, -0.1) is 0 Å². The summed E-state index contributed by atoms with van der Waals surface area (Å²) in [7, 11) is 0. The highest BCUT2D eigenvalue weighted by molar-refractivity contribution is 9.10. The summed E-state index contributed by atoms with van der Waals surface area (Å²) in [4.78, 5) is 4.03. The number of rotatable bonds is 3. The van der Waals surface area contributed by atoms with E-state index in [1.165, 1.54) is 6.07 Å². The van der Waals surface area contributed by atoms with Crippen molar-refractivity contribution in [3.8, 4) is 11.6 Å². The molecule has 3 nitrogen and oxygen atoms in total. The number of hydrogen-bond donors (Lipinski definition) is 1. The summed E-state index contributed by atoms with van der Waals surface area (Å²) >= 11 is 3.26. The normalized spacial score (nSPS) is 12.2. The number of pyridine rings is 1. The lowest BCUT2D eigenvalue weighted by Gasteiger charge is -2.09. The molecular formula is C13H12BrFN2O. The molecule has 0 bridgehead atoms. The average molecular weight is 311 g/mol. The van der Waals surface area contributed by atoms with Crippen LogP contribution in [-0.2, 0) is 0 Å². The van der Waals surface area contributed by atoms with Gasteiger partial charge in [-0.25, -0.2) is 9.37 Å². The van der Waals surface area contributed by atoms with Gasteiger partial charge in [0.2, 0.25) is 5.88 Å². The van der Waals surface area contributed by atoms with Gasteiger partial charge in [0.25, 0.3) is 0 Å². The van der Waals surface area contributed by atoms with Crippen LogP contribution in [0, 0.1) is 5.82 Å². The van der Waals surface area contributed by atoms with E-state index in [1.807, 2.05) is 6.92 Å². The van der Waals surface area contributed by atoms with Crippen LogP contribution in [0.1, 0.15) is 18.5 Å². The quantitative estimate of drug-likeness (QED) is 0.938. The van der Waals surface area contributed by atoms with Crippen LogP contribution in [0.4, 0.5) is 4.39 Å². The average Bonchev–Trinajstić information content (AvgIpc) is 2.34. The number of aromatic nitrogens is 1. The second-order valence-electron chi connectivity index (χ2n) is 3.89. The number of halogens is 2. The van der Waals surface area contributed by atoms with E-state index in [-0.39, 0.29) is 11.8 Å². The highest BCUT2D eigenvalue weighted by atomic mass is 79.9. The number of nitrogens with zero attached hydrogens (tertiary/aromatic N) is 1. The maximum absolute atomic E-state index is 13.5. The zero-order chi connectivity index (χ0) is 13.1. The Morgan fingerprint density at radius 1 is 1.33 bits per heavy atom. The molecule has 0 aliphatic heterocycles. The molecular weight excluding hydrogens is 299 g/mol. The first kappa shape index (κ1) is 13.0. The van der Waals surface area contributed by atoms with Crippen LogP contribution in [0.5, 0.6) is 11.6 Å². The summed E-state index contributed by atoms with van der Waals surface area (Å²) in [5, 5.41) is 0. The Morgan fingerprint density at radius 3 is 2.83 bits per heavy atom. The zero-order valence-corrected chi connectivity index (χ0v) is 11.3. The second kappa shape index (κ2) is 5.46. The number of hydrogen-bond acceptors (Lipinski definition) is 3. The lowest BCUT2D eigenvalue weighted by molar-refractivity contribution is 0.426. The molecule has 1 atom stereocenters. The Hall–Kier alpha value is -1.46. The lowest BCUT2D eigenvalue weighted by Crippen LogP contribution is -2.05. The molecule has 0 fully saturated rings. The van der Waals surface area contributed by atoms with Gasteiger partial charge in [0.1, 0.15) is 0 Å². The molecule has 1 aromatic carbocycles. The largest absolute Gasteiger partial charge is 0.436 e. The van der Waals surface area contributed by atoms with Gasteiger partial charge in [-0.3, -0.25) is 0 Å². The van der Waals surface area contributed by atoms with Crippen molar-refractivity contribution in [3.63, 3.8) is 0 Å². The molecule has 0 radical (unpaired) electrons. The van der Waals surface area contributed by atoms with Gasteiger partial charge in [0, 0.05) is 22.8 Å². The Balaban J connectivity index is 2.28. The summed E-state index contributed by atoms with van der Waals surface area (Å²) in [6.07, 6.45) is 1.59. The van der Waals surface area contributed by atoms with Crippen molar-refractivity contribution in [2.24, 2.45) is 5.73 Å². The van der Waals surface area contributed by atoms with Gasteiger partial charge < -0.3 is 10.5 Å². The fraction of sp³-hybridized carbons (Fsp3) is 0.154. The minimum atomic E-state index is -0.439. The molecule has 0 aliphatic carbocycles. The molecule has 2 N–H and O–H groups in total. The van der Waals surface area contributed by atoms with Crippen LogP contribution < -0.4 is 10.5 Å². The molecule has 0 saturated heterocycles. The van der Waals surface area contributed by atoms with Crippen molar-refractivity contribution < 1.29 is 9.13 Å². The minimum absolute atomic E-state index is 0.122. The van der Waals surface area contributed by atoms with Gasteiger partial charge in [0.15, 0.2) is 11.6 Å². The summed E-state index contributed by atoms with van der Waals surface area (Å²) in [5.74, 6) is 0.00620. The van der Waals surface area contributed by atoms with Crippen molar-refractivity contribution in [2.75, 3.05) is 0 Å². The molecule has 5 heteroatoms. The van der Waals surface area contributed by atoms with Crippen molar-refractivity contribution >= 4 is 15.9 Å². The van der Waals surface area contributed by atoms with E-state index in [4.69, 9.17) is 10.5 Å². The minimum Gasteiger partial charge on any atom is -0.436 e. The molecule has 18 heavy (non-hydrogen) atoms. The van der Waals surface area contributed by atoms with Gasteiger partial charge >= 0.3 is 0 Å². The smallest absolute Gasteiger partial charge is 0.219 e. The Kier molecular flexibility index (Phi) is 3.93. The van der Waals surface area contributed by atoms with E-state index < -0.39 is 5.82 Å². The van der Waals surface area contributed by atoms with Crippen molar-refractivity contribution in [2.45, 2.75) is 13.0 Å².